The van der Waals surface area contributed by atoms with Gasteiger partial charge in [-0.05, 0) is 42.5 Å². The Labute approximate surface area is 164 Å². The molecule has 29 heavy (non-hydrogen) atoms. The molecule has 9 nitrogen and oxygen atoms in total. The zero-order chi connectivity index (χ0) is 21.3. The van der Waals surface area contributed by atoms with E-state index >= 15 is 0 Å². The van der Waals surface area contributed by atoms with Gasteiger partial charge in [0.05, 0.1) is 28.2 Å². The second kappa shape index (κ2) is 7.31. The largest absolute Gasteiger partial charge is 0.506 e. The molecule has 0 aromatic heterocycles. The van der Waals surface area contributed by atoms with Crippen LogP contribution in [0.1, 0.15) is 20.7 Å². The summed E-state index contributed by atoms with van der Waals surface area (Å²) in [5.74, 6) is -3.04. The highest BCUT2D eigenvalue weighted by molar-refractivity contribution is 6.00. The maximum atomic E-state index is 11.8. The molecule has 3 aromatic rings. The molecule has 0 saturated carbocycles. The standard InChI is InChI=1S/C20H17N3O6/c21-14-5-2-11(8-17(14)24)23(12-3-6-15(22)18(25)9-12)16-7-10(19(26)27)1-4-13(16)20(28)29/h1-9,24-25H,21-22H2,(H,26,27)(H,28,29). The van der Waals surface area contributed by atoms with Crippen molar-refractivity contribution >= 4 is 40.4 Å². The number of carboxylic acids is 2. The Morgan fingerprint density at radius 3 is 1.66 bits per heavy atom. The van der Waals surface area contributed by atoms with Gasteiger partial charge >= 0.3 is 11.9 Å². The molecule has 148 valence electrons. The van der Waals surface area contributed by atoms with E-state index in [2.05, 4.69) is 0 Å². The molecule has 0 bridgehead atoms. The van der Waals surface area contributed by atoms with Gasteiger partial charge in [0.15, 0.2) is 0 Å². The highest BCUT2D eigenvalue weighted by atomic mass is 16.4. The maximum Gasteiger partial charge on any atom is 0.337 e. The van der Waals surface area contributed by atoms with Gasteiger partial charge < -0.3 is 36.8 Å². The van der Waals surface area contributed by atoms with Crippen LogP contribution in [0, 0.1) is 0 Å². The van der Waals surface area contributed by atoms with Gasteiger partial charge in [-0.1, -0.05) is 0 Å². The smallest absolute Gasteiger partial charge is 0.337 e. The Hall–Kier alpha value is -4.40. The minimum atomic E-state index is -1.29. The van der Waals surface area contributed by atoms with Crippen LogP contribution < -0.4 is 16.4 Å². The molecule has 8 N–H and O–H groups in total. The quantitative estimate of drug-likeness (QED) is 0.280. The molecule has 0 atom stereocenters. The number of rotatable bonds is 5. The topological polar surface area (TPSA) is 170 Å². The molecule has 0 spiro atoms. The zero-order valence-electron chi connectivity index (χ0n) is 14.9. The predicted molar refractivity (Wildman–Crippen MR) is 107 cm³/mol. The third-order valence-electron chi connectivity index (χ3n) is 4.26. The molecule has 0 amide bonds. The first-order chi connectivity index (χ1) is 13.7. The molecule has 0 unspecified atom stereocenters. The Morgan fingerprint density at radius 1 is 0.724 bits per heavy atom. The van der Waals surface area contributed by atoms with E-state index in [9.17, 15) is 30.0 Å². The number of nitrogens with zero attached hydrogens (tertiary/aromatic N) is 1. The van der Waals surface area contributed by atoms with Crippen molar-refractivity contribution in [2.45, 2.75) is 0 Å². The lowest BCUT2D eigenvalue weighted by atomic mass is 10.1. The SMILES string of the molecule is Nc1ccc(N(c2ccc(N)c(O)c2)c2cc(C(=O)O)ccc2C(=O)O)cc1O. The zero-order valence-corrected chi connectivity index (χ0v) is 14.9. The Kier molecular flexibility index (Phi) is 4.88. The number of hydrogen-bond acceptors (Lipinski definition) is 7. The Balaban J connectivity index is 2.34. The van der Waals surface area contributed by atoms with Crippen molar-refractivity contribution in [1.82, 2.24) is 0 Å². The fourth-order valence-electron chi connectivity index (χ4n) is 2.80. The van der Waals surface area contributed by atoms with Crippen LogP contribution >= 0.6 is 0 Å². The first kappa shape index (κ1) is 19.4. The molecule has 3 aromatic carbocycles. The number of nitrogen functional groups attached to an aromatic ring is 2. The second-order valence-corrected chi connectivity index (χ2v) is 6.16. The van der Waals surface area contributed by atoms with Gasteiger partial charge in [0.25, 0.3) is 0 Å². The summed E-state index contributed by atoms with van der Waals surface area (Å²) in [5, 5.41) is 39.0. The summed E-state index contributed by atoms with van der Waals surface area (Å²) in [6, 6.07) is 12.0. The monoisotopic (exact) mass is 395 g/mol. The minimum absolute atomic E-state index is 0.00532. The van der Waals surface area contributed by atoms with Gasteiger partial charge in [0.1, 0.15) is 11.5 Å². The summed E-state index contributed by atoms with van der Waals surface area (Å²) in [5.41, 5.74) is 11.8. The van der Waals surface area contributed by atoms with E-state index in [0.29, 0.717) is 0 Å². The molecule has 9 heteroatoms. The molecule has 0 fully saturated rings. The molecule has 0 radical (unpaired) electrons. The van der Waals surface area contributed by atoms with Crippen LogP contribution in [0.25, 0.3) is 0 Å². The third-order valence-corrected chi connectivity index (χ3v) is 4.26. The predicted octanol–water partition coefficient (Wildman–Crippen LogP) is 3.13. The minimum Gasteiger partial charge on any atom is -0.506 e. The van der Waals surface area contributed by atoms with Gasteiger partial charge in [-0.2, -0.15) is 0 Å². The molecule has 3 rings (SSSR count). The Bertz CT molecular complexity index is 1080. The first-order valence-corrected chi connectivity index (χ1v) is 8.26. The Morgan fingerprint density at radius 2 is 1.24 bits per heavy atom. The van der Waals surface area contributed by atoms with E-state index in [1.807, 2.05) is 0 Å². The highest BCUT2D eigenvalue weighted by Gasteiger charge is 2.22. The number of phenols is 2. The van der Waals surface area contributed by atoms with E-state index < -0.39 is 11.9 Å². The van der Waals surface area contributed by atoms with Crippen molar-refractivity contribution < 1.29 is 30.0 Å². The fraction of sp³-hybridized carbons (Fsp3) is 0. The molecular weight excluding hydrogens is 378 g/mol. The molecule has 0 aliphatic rings. The van der Waals surface area contributed by atoms with Crippen molar-refractivity contribution in [3.8, 4) is 11.5 Å². The normalized spacial score (nSPS) is 10.5. The molecule has 0 saturated heterocycles. The number of anilines is 5. The van der Waals surface area contributed by atoms with Crippen LogP contribution in [0.4, 0.5) is 28.4 Å². The van der Waals surface area contributed by atoms with E-state index in [4.69, 9.17) is 11.5 Å². The van der Waals surface area contributed by atoms with Gasteiger partial charge in [0, 0.05) is 23.5 Å². The fourth-order valence-corrected chi connectivity index (χ4v) is 2.80. The van der Waals surface area contributed by atoms with Crippen LogP contribution in [0.3, 0.4) is 0 Å². The van der Waals surface area contributed by atoms with Gasteiger partial charge in [-0.15, -0.1) is 0 Å². The molecular formula is C20H17N3O6. The van der Waals surface area contributed by atoms with Gasteiger partial charge in [-0.3, -0.25) is 0 Å². The number of benzene rings is 3. The summed E-state index contributed by atoms with van der Waals surface area (Å²) in [4.78, 5) is 24.6. The average molecular weight is 395 g/mol. The third kappa shape index (κ3) is 3.69. The van der Waals surface area contributed by atoms with E-state index in [1.165, 1.54) is 59.5 Å². The first-order valence-electron chi connectivity index (χ1n) is 8.26. The lowest BCUT2D eigenvalue weighted by Gasteiger charge is -2.27. The highest BCUT2D eigenvalue weighted by Crippen LogP contribution is 2.41. The number of hydrogen-bond donors (Lipinski definition) is 6. The number of aromatic carboxylic acids is 2. The summed E-state index contributed by atoms with van der Waals surface area (Å²) in [6.45, 7) is 0. The summed E-state index contributed by atoms with van der Waals surface area (Å²) < 4.78 is 0. The van der Waals surface area contributed by atoms with E-state index in [0.717, 1.165) is 0 Å². The molecule has 0 aliphatic carbocycles. The average Bonchev–Trinajstić information content (AvgIpc) is 2.67. The van der Waals surface area contributed by atoms with Crippen LogP contribution in [0.5, 0.6) is 11.5 Å². The molecule has 0 aliphatic heterocycles. The lowest BCUT2D eigenvalue weighted by molar-refractivity contribution is 0.0682. The van der Waals surface area contributed by atoms with Crippen molar-refractivity contribution in [3.63, 3.8) is 0 Å². The van der Waals surface area contributed by atoms with Gasteiger partial charge in [0.2, 0.25) is 0 Å². The number of phenolic OH excluding ortho intramolecular Hbond substituents is 2. The maximum absolute atomic E-state index is 11.8. The second-order valence-electron chi connectivity index (χ2n) is 6.16. The summed E-state index contributed by atoms with van der Waals surface area (Å²) in [6.07, 6.45) is 0. The van der Waals surface area contributed by atoms with Crippen molar-refractivity contribution in [2.75, 3.05) is 16.4 Å². The van der Waals surface area contributed by atoms with E-state index in [-0.39, 0.29) is 51.1 Å². The number of carbonyl (C=O) groups is 2. The van der Waals surface area contributed by atoms with Crippen molar-refractivity contribution in [1.29, 1.82) is 0 Å². The van der Waals surface area contributed by atoms with Gasteiger partial charge in [-0.25, -0.2) is 9.59 Å². The number of nitrogens with two attached hydrogens (primary N) is 2. The van der Waals surface area contributed by atoms with Crippen LogP contribution in [-0.4, -0.2) is 32.4 Å². The van der Waals surface area contributed by atoms with Crippen molar-refractivity contribution in [3.05, 3.63) is 65.7 Å². The lowest BCUT2D eigenvalue weighted by Crippen LogP contribution is -2.15. The van der Waals surface area contributed by atoms with Crippen molar-refractivity contribution in [2.24, 2.45) is 0 Å². The van der Waals surface area contributed by atoms with Crippen LogP contribution in [-0.2, 0) is 0 Å². The molecule has 0 heterocycles. The summed E-state index contributed by atoms with van der Waals surface area (Å²) in [7, 11) is 0. The number of carboxylic acid groups (broad SMARTS) is 2. The van der Waals surface area contributed by atoms with Crippen LogP contribution in [0.15, 0.2) is 54.6 Å². The van der Waals surface area contributed by atoms with E-state index in [1.54, 1.807) is 0 Å². The number of aromatic hydroxyl groups is 2. The summed E-state index contributed by atoms with van der Waals surface area (Å²) >= 11 is 0. The van der Waals surface area contributed by atoms with Crippen LogP contribution in [0.2, 0.25) is 0 Å².